The highest BCUT2D eigenvalue weighted by Crippen LogP contribution is 2.40. The van der Waals surface area contributed by atoms with Crippen molar-refractivity contribution in [2.45, 2.75) is 62.7 Å². The molecule has 1 amide bonds. The van der Waals surface area contributed by atoms with Crippen molar-refractivity contribution in [3.05, 3.63) is 142 Å². The molecule has 2 unspecified atom stereocenters. The van der Waals surface area contributed by atoms with E-state index in [1.807, 2.05) is 6.07 Å². The van der Waals surface area contributed by atoms with Gasteiger partial charge < -0.3 is 9.47 Å². The van der Waals surface area contributed by atoms with Crippen LogP contribution in [0.5, 0.6) is 0 Å². The summed E-state index contributed by atoms with van der Waals surface area (Å²) in [7, 11) is -4.50. The van der Waals surface area contributed by atoms with Gasteiger partial charge in [0.1, 0.15) is 5.60 Å². The van der Waals surface area contributed by atoms with Gasteiger partial charge in [0, 0.05) is 18.6 Å². The van der Waals surface area contributed by atoms with Crippen LogP contribution in [-0.4, -0.2) is 48.1 Å². The summed E-state index contributed by atoms with van der Waals surface area (Å²) in [6.45, 7) is 6.49. The number of rotatable bonds is 13. The highest BCUT2D eigenvalue weighted by Gasteiger charge is 2.56. The SMILES string of the molecule is CCOC(=O)C(Cc1ccccc1)(C(NS(=O)(=O)c1ccc([N+](=O)[O-])cc1)c1ccccc1)N(Cc1ccccc1)C(=O)OC(C)(C)C. The van der Waals surface area contributed by atoms with Gasteiger partial charge in [-0.1, -0.05) is 91.0 Å². The molecule has 0 aliphatic carbocycles. The summed E-state index contributed by atoms with van der Waals surface area (Å²) in [4.78, 5) is 40.8. The van der Waals surface area contributed by atoms with Gasteiger partial charge in [-0.05, 0) is 56.5 Å². The Morgan fingerprint density at radius 3 is 1.85 bits per heavy atom. The van der Waals surface area contributed by atoms with Crippen LogP contribution in [0.1, 0.15) is 50.4 Å². The van der Waals surface area contributed by atoms with Crippen LogP contribution in [0.4, 0.5) is 10.5 Å². The van der Waals surface area contributed by atoms with Crippen molar-refractivity contribution in [1.29, 1.82) is 0 Å². The first-order chi connectivity index (χ1) is 22.8. The van der Waals surface area contributed by atoms with Crippen LogP contribution >= 0.6 is 0 Å². The third kappa shape index (κ3) is 8.64. The van der Waals surface area contributed by atoms with E-state index in [4.69, 9.17) is 9.47 Å². The molecule has 0 bridgehead atoms. The lowest BCUT2D eigenvalue weighted by atomic mass is 9.78. The van der Waals surface area contributed by atoms with E-state index < -0.39 is 44.2 Å². The summed E-state index contributed by atoms with van der Waals surface area (Å²) >= 11 is 0. The number of sulfonamides is 1. The molecule has 1 N–H and O–H groups in total. The first kappa shape index (κ1) is 35.8. The van der Waals surface area contributed by atoms with Crippen LogP contribution in [0.15, 0.2) is 120 Å². The molecule has 0 aromatic heterocycles. The number of carbonyl (C=O) groups excluding carboxylic acids is 2. The maximum absolute atomic E-state index is 14.7. The highest BCUT2D eigenvalue weighted by atomic mass is 32.2. The third-order valence-electron chi connectivity index (χ3n) is 7.47. The summed E-state index contributed by atoms with van der Waals surface area (Å²) in [5, 5.41) is 11.3. The summed E-state index contributed by atoms with van der Waals surface area (Å²) in [5.74, 6) is -0.865. The molecule has 12 heteroatoms. The fraction of sp³-hybridized carbons (Fsp3) is 0.278. The molecule has 0 saturated heterocycles. The molecule has 0 radical (unpaired) electrons. The fourth-order valence-electron chi connectivity index (χ4n) is 5.33. The van der Waals surface area contributed by atoms with Gasteiger partial charge in [-0.15, -0.1) is 0 Å². The Kier molecular flexibility index (Phi) is 11.3. The normalized spacial score (nSPS) is 13.5. The van der Waals surface area contributed by atoms with Gasteiger partial charge in [-0.3, -0.25) is 15.0 Å². The van der Waals surface area contributed by atoms with E-state index in [1.165, 1.54) is 4.90 Å². The van der Waals surface area contributed by atoms with E-state index in [-0.39, 0.29) is 30.2 Å². The highest BCUT2D eigenvalue weighted by molar-refractivity contribution is 7.89. The largest absolute Gasteiger partial charge is 0.464 e. The lowest BCUT2D eigenvalue weighted by Gasteiger charge is -2.47. The minimum Gasteiger partial charge on any atom is -0.464 e. The first-order valence-electron chi connectivity index (χ1n) is 15.3. The van der Waals surface area contributed by atoms with Gasteiger partial charge in [0.05, 0.1) is 29.0 Å². The topological polar surface area (TPSA) is 145 Å². The minimum absolute atomic E-state index is 0.0700. The van der Waals surface area contributed by atoms with E-state index in [2.05, 4.69) is 4.72 Å². The number of nitrogens with one attached hydrogen (secondary N) is 1. The molecule has 4 aromatic rings. The van der Waals surface area contributed by atoms with Crippen molar-refractivity contribution in [2.24, 2.45) is 0 Å². The van der Waals surface area contributed by atoms with Crippen molar-refractivity contribution < 1.29 is 32.4 Å². The number of hydrogen-bond acceptors (Lipinski definition) is 8. The van der Waals surface area contributed by atoms with Gasteiger partial charge in [-0.2, -0.15) is 0 Å². The summed E-state index contributed by atoms with van der Waals surface area (Å²) in [6.07, 6.45) is -1.05. The number of carbonyl (C=O) groups is 2. The molecular weight excluding hydrogens is 634 g/mol. The number of nitrogens with zero attached hydrogens (tertiary/aromatic N) is 2. The number of amides is 1. The Morgan fingerprint density at radius 2 is 1.35 bits per heavy atom. The maximum Gasteiger partial charge on any atom is 0.411 e. The number of nitro benzene ring substituents is 1. The molecular formula is C36H39N3O8S. The van der Waals surface area contributed by atoms with E-state index in [9.17, 15) is 28.1 Å². The Bertz CT molecular complexity index is 1800. The predicted octanol–water partition coefficient (Wildman–Crippen LogP) is 6.60. The zero-order valence-electron chi connectivity index (χ0n) is 27.2. The number of hydrogen-bond donors (Lipinski definition) is 1. The molecule has 0 fully saturated rings. The minimum atomic E-state index is -4.50. The van der Waals surface area contributed by atoms with Crippen LogP contribution in [-0.2, 0) is 37.3 Å². The Labute approximate surface area is 280 Å². The lowest BCUT2D eigenvalue weighted by Crippen LogP contribution is -2.65. The van der Waals surface area contributed by atoms with Crippen molar-refractivity contribution in [3.8, 4) is 0 Å². The second-order valence-electron chi connectivity index (χ2n) is 12.1. The average molecular weight is 674 g/mol. The zero-order chi connectivity index (χ0) is 35.0. The van der Waals surface area contributed by atoms with E-state index in [0.29, 0.717) is 16.7 Å². The van der Waals surface area contributed by atoms with Gasteiger partial charge in [0.2, 0.25) is 10.0 Å². The Balaban J connectivity index is 2.06. The van der Waals surface area contributed by atoms with Crippen LogP contribution in [0.25, 0.3) is 0 Å². The van der Waals surface area contributed by atoms with Crippen LogP contribution in [0.2, 0.25) is 0 Å². The molecule has 0 heterocycles. The number of ether oxygens (including phenoxy) is 2. The fourth-order valence-corrected chi connectivity index (χ4v) is 6.60. The van der Waals surface area contributed by atoms with Crippen molar-refractivity contribution in [1.82, 2.24) is 9.62 Å². The second kappa shape index (κ2) is 15.2. The van der Waals surface area contributed by atoms with Crippen molar-refractivity contribution in [2.75, 3.05) is 6.61 Å². The molecule has 11 nitrogen and oxygen atoms in total. The quantitative estimate of drug-likeness (QED) is 0.0950. The standard InChI is InChI=1S/C36H39N3O8S/c1-5-46-33(40)36(25-27-15-9-6-10-16-27,38(34(41)47-35(2,3)4)26-28-17-11-7-12-18-28)32(29-19-13-8-14-20-29)37-48(44,45)31-23-21-30(22-24-31)39(42)43/h6-24,32,37H,5,25-26H2,1-4H3. The van der Waals surface area contributed by atoms with E-state index in [1.54, 1.807) is 113 Å². The molecule has 0 aliphatic heterocycles. The number of non-ortho nitro benzene ring substituents is 1. The molecule has 4 rings (SSSR count). The second-order valence-corrected chi connectivity index (χ2v) is 13.8. The predicted molar refractivity (Wildman–Crippen MR) is 180 cm³/mol. The average Bonchev–Trinajstić information content (AvgIpc) is 3.06. The van der Waals surface area contributed by atoms with Gasteiger partial charge in [0.25, 0.3) is 5.69 Å². The molecule has 0 aliphatic rings. The van der Waals surface area contributed by atoms with E-state index >= 15 is 0 Å². The summed E-state index contributed by atoms with van der Waals surface area (Å²) < 4.78 is 42.8. The third-order valence-corrected chi connectivity index (χ3v) is 8.90. The Hall–Kier alpha value is -5.07. The maximum atomic E-state index is 14.7. The van der Waals surface area contributed by atoms with Gasteiger partial charge in [0.15, 0.2) is 5.54 Å². The van der Waals surface area contributed by atoms with Crippen molar-refractivity contribution >= 4 is 27.8 Å². The molecule has 4 aromatic carbocycles. The van der Waals surface area contributed by atoms with Crippen molar-refractivity contribution in [3.63, 3.8) is 0 Å². The smallest absolute Gasteiger partial charge is 0.411 e. The number of nitro groups is 1. The first-order valence-corrected chi connectivity index (χ1v) is 16.8. The van der Waals surface area contributed by atoms with Crippen LogP contribution in [0, 0.1) is 10.1 Å². The Morgan fingerprint density at radius 1 is 0.833 bits per heavy atom. The van der Waals surface area contributed by atoms with Crippen LogP contribution in [0.3, 0.4) is 0 Å². The lowest BCUT2D eigenvalue weighted by molar-refractivity contribution is -0.384. The molecule has 252 valence electrons. The molecule has 2 atom stereocenters. The van der Waals surface area contributed by atoms with Gasteiger partial charge >= 0.3 is 12.1 Å². The number of benzene rings is 4. The van der Waals surface area contributed by atoms with Crippen LogP contribution < -0.4 is 4.72 Å². The van der Waals surface area contributed by atoms with Gasteiger partial charge in [-0.25, -0.2) is 22.7 Å². The van der Waals surface area contributed by atoms with E-state index in [0.717, 1.165) is 24.3 Å². The monoisotopic (exact) mass is 673 g/mol. The summed E-state index contributed by atoms with van der Waals surface area (Å²) in [5.41, 5.74) is -1.74. The molecule has 48 heavy (non-hydrogen) atoms. The number of esters is 1. The molecule has 0 saturated carbocycles. The molecule has 0 spiro atoms. The summed E-state index contributed by atoms with van der Waals surface area (Å²) in [6, 6.07) is 29.2. The zero-order valence-corrected chi connectivity index (χ0v) is 28.1.